The molecule has 0 bridgehead atoms. The summed E-state index contributed by atoms with van der Waals surface area (Å²) in [6.07, 6.45) is 2.60. The monoisotopic (exact) mass is 270 g/mol. The molecule has 2 heteroatoms. The Morgan fingerprint density at radius 2 is 1.79 bits per heavy atom. The summed E-state index contributed by atoms with van der Waals surface area (Å²) in [6.45, 7) is 2.12. The van der Waals surface area contributed by atoms with E-state index < -0.39 is 0 Å². The van der Waals surface area contributed by atoms with Crippen molar-refractivity contribution < 1.29 is 4.42 Å². The van der Waals surface area contributed by atoms with E-state index >= 15 is 0 Å². The van der Waals surface area contributed by atoms with Crippen LogP contribution in [-0.2, 0) is 6.42 Å². The van der Waals surface area contributed by atoms with E-state index in [1.165, 1.54) is 11.1 Å². The number of hydrogen-bond donors (Lipinski definition) is 0. The van der Waals surface area contributed by atoms with Crippen molar-refractivity contribution in [1.82, 2.24) is 0 Å². The first-order chi connectivity index (χ1) is 9.25. The molecule has 0 aliphatic heterocycles. The zero-order valence-electron chi connectivity index (χ0n) is 10.8. The highest BCUT2D eigenvalue weighted by Gasteiger charge is 2.15. The van der Waals surface area contributed by atoms with E-state index in [2.05, 4.69) is 37.3 Å². The second kappa shape index (κ2) is 5.10. The normalized spacial score (nSPS) is 12.7. The molecule has 0 saturated heterocycles. The number of aryl methyl sites for hydroxylation is 1. The highest BCUT2D eigenvalue weighted by Crippen LogP contribution is 2.33. The third-order valence-corrected chi connectivity index (χ3v) is 3.90. The molecule has 0 spiro atoms. The van der Waals surface area contributed by atoms with Crippen molar-refractivity contribution in [3.05, 3.63) is 71.5 Å². The third-order valence-electron chi connectivity index (χ3n) is 3.51. The number of hydrogen-bond acceptors (Lipinski definition) is 1. The Labute approximate surface area is 117 Å². The molecule has 0 aliphatic rings. The second-order valence-electron chi connectivity index (χ2n) is 4.79. The minimum absolute atomic E-state index is 0.0650. The predicted molar refractivity (Wildman–Crippen MR) is 79.7 cm³/mol. The zero-order chi connectivity index (χ0) is 13.2. The number of halogens is 1. The molecular formula is C17H15ClO. The van der Waals surface area contributed by atoms with Gasteiger partial charge in [0.25, 0.3) is 0 Å². The van der Waals surface area contributed by atoms with Gasteiger partial charge in [0.15, 0.2) is 0 Å². The van der Waals surface area contributed by atoms with E-state index in [4.69, 9.17) is 16.0 Å². The van der Waals surface area contributed by atoms with Gasteiger partial charge in [-0.25, -0.2) is 0 Å². The fourth-order valence-corrected chi connectivity index (χ4v) is 2.72. The molecular weight excluding hydrogens is 256 g/mol. The summed E-state index contributed by atoms with van der Waals surface area (Å²) in [6, 6.07) is 16.4. The molecule has 0 N–H and O–H groups in total. The first kappa shape index (κ1) is 12.3. The summed E-state index contributed by atoms with van der Waals surface area (Å²) in [7, 11) is 0. The Morgan fingerprint density at radius 3 is 2.63 bits per heavy atom. The molecule has 0 radical (unpaired) electrons. The van der Waals surface area contributed by atoms with Crippen molar-refractivity contribution in [3.63, 3.8) is 0 Å². The van der Waals surface area contributed by atoms with Gasteiger partial charge in [0.1, 0.15) is 5.58 Å². The van der Waals surface area contributed by atoms with Gasteiger partial charge in [-0.05, 0) is 30.5 Å². The van der Waals surface area contributed by atoms with E-state index in [1.54, 1.807) is 6.26 Å². The molecule has 1 aromatic heterocycles. The molecule has 1 atom stereocenters. The van der Waals surface area contributed by atoms with Crippen molar-refractivity contribution >= 4 is 22.6 Å². The smallest absolute Gasteiger partial charge is 0.134 e. The molecule has 0 amide bonds. The lowest BCUT2D eigenvalue weighted by atomic mass is 10.00. The van der Waals surface area contributed by atoms with Gasteiger partial charge in [-0.15, -0.1) is 11.6 Å². The third kappa shape index (κ3) is 2.39. The van der Waals surface area contributed by atoms with Crippen LogP contribution in [0.4, 0.5) is 0 Å². The number of fused-ring (bicyclic) bond motifs is 1. The molecule has 96 valence electrons. The summed E-state index contributed by atoms with van der Waals surface area (Å²) in [5.74, 6) is 0. The minimum Gasteiger partial charge on any atom is -0.464 e. The molecule has 3 aromatic rings. The van der Waals surface area contributed by atoms with Crippen LogP contribution in [0, 0.1) is 6.92 Å². The maximum Gasteiger partial charge on any atom is 0.134 e. The van der Waals surface area contributed by atoms with Gasteiger partial charge >= 0.3 is 0 Å². The number of alkyl halides is 1. The topological polar surface area (TPSA) is 13.1 Å². The van der Waals surface area contributed by atoms with Crippen LogP contribution in [0.25, 0.3) is 11.0 Å². The van der Waals surface area contributed by atoms with E-state index in [1.807, 2.05) is 18.2 Å². The fourth-order valence-electron chi connectivity index (χ4n) is 2.38. The largest absolute Gasteiger partial charge is 0.464 e. The van der Waals surface area contributed by atoms with Gasteiger partial charge in [0, 0.05) is 10.9 Å². The summed E-state index contributed by atoms with van der Waals surface area (Å²) in [5, 5.41) is 1.04. The molecule has 3 rings (SSSR count). The van der Waals surface area contributed by atoms with Gasteiger partial charge in [-0.2, -0.15) is 0 Å². The van der Waals surface area contributed by atoms with Crippen LogP contribution in [0.2, 0.25) is 0 Å². The Morgan fingerprint density at radius 1 is 1.05 bits per heavy atom. The van der Waals surface area contributed by atoms with Crippen LogP contribution in [0.3, 0.4) is 0 Å². The zero-order valence-corrected chi connectivity index (χ0v) is 11.5. The van der Waals surface area contributed by atoms with E-state index in [0.717, 1.165) is 23.0 Å². The number of rotatable bonds is 3. The lowest BCUT2D eigenvalue weighted by Gasteiger charge is -2.10. The highest BCUT2D eigenvalue weighted by molar-refractivity contribution is 6.21. The van der Waals surface area contributed by atoms with Gasteiger partial charge in [-0.1, -0.05) is 42.5 Å². The van der Waals surface area contributed by atoms with Gasteiger partial charge < -0.3 is 4.42 Å². The molecule has 0 saturated carbocycles. The van der Waals surface area contributed by atoms with Crippen molar-refractivity contribution in [2.45, 2.75) is 18.7 Å². The highest BCUT2D eigenvalue weighted by atomic mass is 35.5. The standard InChI is InChI=1S/C17H15ClO/c1-12-6-2-3-7-13(12)10-16(18)15-11-19-17-9-5-4-8-14(15)17/h2-9,11,16H,10H2,1H3. The maximum absolute atomic E-state index is 6.57. The Kier molecular flexibility index (Phi) is 3.31. The lowest BCUT2D eigenvalue weighted by molar-refractivity contribution is 0.609. The average Bonchev–Trinajstić information content (AvgIpc) is 2.85. The summed E-state index contributed by atoms with van der Waals surface area (Å²) < 4.78 is 5.55. The van der Waals surface area contributed by atoms with E-state index in [-0.39, 0.29) is 5.38 Å². The van der Waals surface area contributed by atoms with Crippen molar-refractivity contribution in [2.75, 3.05) is 0 Å². The predicted octanol–water partition coefficient (Wildman–Crippen LogP) is 5.26. The first-order valence-electron chi connectivity index (χ1n) is 6.40. The molecule has 1 unspecified atom stereocenters. The van der Waals surface area contributed by atoms with Crippen LogP contribution < -0.4 is 0 Å². The number of furan rings is 1. The Hall–Kier alpha value is -1.73. The number of para-hydroxylation sites is 1. The van der Waals surface area contributed by atoms with Crippen LogP contribution in [0.15, 0.2) is 59.2 Å². The van der Waals surface area contributed by atoms with E-state index in [9.17, 15) is 0 Å². The second-order valence-corrected chi connectivity index (χ2v) is 5.31. The lowest BCUT2D eigenvalue weighted by Crippen LogP contribution is -1.97. The van der Waals surface area contributed by atoms with Crippen molar-refractivity contribution in [2.24, 2.45) is 0 Å². The van der Waals surface area contributed by atoms with Gasteiger partial charge in [-0.3, -0.25) is 0 Å². The Balaban J connectivity index is 1.92. The maximum atomic E-state index is 6.57. The molecule has 0 aliphatic carbocycles. The van der Waals surface area contributed by atoms with Crippen molar-refractivity contribution in [3.8, 4) is 0 Å². The summed E-state index contributed by atoms with van der Waals surface area (Å²) >= 11 is 6.57. The first-order valence-corrected chi connectivity index (χ1v) is 6.84. The van der Waals surface area contributed by atoms with Gasteiger partial charge in [0.05, 0.1) is 11.6 Å². The average molecular weight is 271 g/mol. The minimum atomic E-state index is -0.0650. The van der Waals surface area contributed by atoms with Crippen LogP contribution in [0.5, 0.6) is 0 Å². The SMILES string of the molecule is Cc1ccccc1CC(Cl)c1coc2ccccc12. The summed E-state index contributed by atoms with van der Waals surface area (Å²) in [4.78, 5) is 0. The molecule has 19 heavy (non-hydrogen) atoms. The van der Waals surface area contributed by atoms with Crippen LogP contribution in [0.1, 0.15) is 22.1 Å². The summed E-state index contributed by atoms with van der Waals surface area (Å²) in [5.41, 5.74) is 4.53. The quantitative estimate of drug-likeness (QED) is 0.592. The Bertz CT molecular complexity index is 699. The molecule has 0 fully saturated rings. The van der Waals surface area contributed by atoms with E-state index in [0.29, 0.717) is 0 Å². The molecule has 2 aromatic carbocycles. The fraction of sp³-hybridized carbons (Fsp3) is 0.176. The van der Waals surface area contributed by atoms with Crippen LogP contribution >= 0.6 is 11.6 Å². The molecule has 1 heterocycles. The number of benzene rings is 2. The van der Waals surface area contributed by atoms with Gasteiger partial charge in [0.2, 0.25) is 0 Å². The van der Waals surface area contributed by atoms with Crippen LogP contribution in [-0.4, -0.2) is 0 Å². The van der Waals surface area contributed by atoms with Crippen molar-refractivity contribution in [1.29, 1.82) is 0 Å². The molecule has 1 nitrogen and oxygen atoms in total.